The molecule has 1 aliphatic rings. The summed E-state index contributed by atoms with van der Waals surface area (Å²) in [6.45, 7) is 5.01. The van der Waals surface area contributed by atoms with Gasteiger partial charge in [-0.25, -0.2) is 0 Å². The number of ether oxygens (including phenoxy) is 1. The van der Waals surface area contributed by atoms with Gasteiger partial charge >= 0.3 is 0 Å². The first-order valence-corrected chi connectivity index (χ1v) is 12.8. The highest BCUT2D eigenvalue weighted by Crippen LogP contribution is 2.13. The van der Waals surface area contributed by atoms with Crippen LogP contribution >= 0.6 is 12.2 Å². The summed E-state index contributed by atoms with van der Waals surface area (Å²) < 4.78 is 7.30. The smallest absolute Gasteiger partial charge is 0.262 e. The third-order valence-electron chi connectivity index (χ3n) is 6.76. The number of aromatic amines is 1. The van der Waals surface area contributed by atoms with Crippen molar-refractivity contribution in [3.63, 3.8) is 0 Å². The van der Waals surface area contributed by atoms with Crippen molar-refractivity contribution in [1.82, 2.24) is 19.4 Å². The lowest BCUT2D eigenvalue weighted by molar-refractivity contribution is -0.133. The Morgan fingerprint density at radius 1 is 0.971 bits per heavy atom. The minimum absolute atomic E-state index is 0.0507. The van der Waals surface area contributed by atoms with Gasteiger partial charge in [0, 0.05) is 45.7 Å². The number of piperazine rings is 1. The number of benzene rings is 2. The van der Waals surface area contributed by atoms with Gasteiger partial charge in [0.15, 0.2) is 4.77 Å². The average molecular weight is 495 g/mol. The van der Waals surface area contributed by atoms with E-state index in [4.69, 9.17) is 17.0 Å². The van der Waals surface area contributed by atoms with Crippen molar-refractivity contribution in [2.24, 2.45) is 0 Å². The quantitative estimate of drug-likeness (QED) is 0.341. The Labute approximate surface area is 211 Å². The molecule has 0 aliphatic carbocycles. The fourth-order valence-corrected chi connectivity index (χ4v) is 4.87. The van der Waals surface area contributed by atoms with Crippen LogP contribution in [0.15, 0.2) is 53.3 Å². The maximum atomic E-state index is 12.7. The second kappa shape index (κ2) is 12.1. The van der Waals surface area contributed by atoms with E-state index < -0.39 is 0 Å². The summed E-state index contributed by atoms with van der Waals surface area (Å²) >= 11 is 5.38. The van der Waals surface area contributed by atoms with Crippen LogP contribution in [0.2, 0.25) is 0 Å². The molecule has 3 aromatic rings. The van der Waals surface area contributed by atoms with E-state index in [0.717, 1.165) is 69.7 Å². The van der Waals surface area contributed by atoms with Crippen LogP contribution in [0, 0.1) is 4.77 Å². The number of amides is 1. The number of H-pyrrole nitrogens is 1. The van der Waals surface area contributed by atoms with Crippen LogP contribution in [0.5, 0.6) is 5.75 Å². The minimum Gasteiger partial charge on any atom is -0.497 e. The maximum Gasteiger partial charge on any atom is 0.262 e. The number of fused-ring (bicyclic) bond motifs is 1. The first kappa shape index (κ1) is 25.1. The van der Waals surface area contributed by atoms with Crippen LogP contribution in [0.4, 0.5) is 0 Å². The molecule has 0 atom stereocenters. The summed E-state index contributed by atoms with van der Waals surface area (Å²) in [5.74, 6) is 1.12. The number of nitrogens with one attached hydrogen (secondary N) is 1. The Morgan fingerprint density at radius 2 is 1.71 bits per heavy atom. The molecule has 0 spiro atoms. The van der Waals surface area contributed by atoms with E-state index in [-0.39, 0.29) is 11.5 Å². The topological polar surface area (TPSA) is 70.6 Å². The number of para-hydroxylation sites is 1. The molecule has 1 saturated heterocycles. The fraction of sp³-hybridized carbons (Fsp3) is 0.444. The van der Waals surface area contributed by atoms with E-state index in [0.29, 0.717) is 23.1 Å². The molecule has 2 aromatic carbocycles. The Bertz CT molecular complexity index is 1240. The molecule has 0 radical (unpaired) electrons. The first-order valence-electron chi connectivity index (χ1n) is 12.4. The standard InChI is InChI=1S/C27H34N4O3S/c1-34-22-12-10-21(11-13-22)14-16-29-17-19-30(20-18-29)25(32)9-3-2-6-15-31-26(33)23-7-4-5-8-24(23)28-27(31)35/h4-5,7-8,10-13H,2-3,6,9,14-20H2,1H3,(H,28,35). The number of methoxy groups -OCH3 is 1. The van der Waals surface area contributed by atoms with Crippen molar-refractivity contribution < 1.29 is 9.53 Å². The van der Waals surface area contributed by atoms with Gasteiger partial charge in [-0.2, -0.15) is 0 Å². The van der Waals surface area contributed by atoms with Crippen LogP contribution in [0.25, 0.3) is 10.9 Å². The molecular formula is C27H34N4O3S. The molecule has 2 heterocycles. The van der Waals surface area contributed by atoms with E-state index in [1.54, 1.807) is 11.7 Å². The van der Waals surface area contributed by atoms with E-state index in [2.05, 4.69) is 22.0 Å². The molecule has 1 N–H and O–H groups in total. The van der Waals surface area contributed by atoms with Gasteiger partial charge in [-0.15, -0.1) is 0 Å². The van der Waals surface area contributed by atoms with Crippen molar-refractivity contribution in [3.05, 3.63) is 69.2 Å². The van der Waals surface area contributed by atoms with Gasteiger partial charge in [0.05, 0.1) is 18.0 Å². The predicted octanol–water partition coefficient (Wildman–Crippen LogP) is 4.01. The summed E-state index contributed by atoms with van der Waals surface area (Å²) in [7, 11) is 1.68. The van der Waals surface area contributed by atoms with E-state index in [9.17, 15) is 9.59 Å². The lowest BCUT2D eigenvalue weighted by Crippen LogP contribution is -2.49. The van der Waals surface area contributed by atoms with E-state index in [1.807, 2.05) is 41.3 Å². The van der Waals surface area contributed by atoms with E-state index >= 15 is 0 Å². The van der Waals surface area contributed by atoms with Crippen LogP contribution in [0.1, 0.15) is 31.2 Å². The average Bonchev–Trinajstić information content (AvgIpc) is 2.89. The first-order chi connectivity index (χ1) is 17.0. The largest absolute Gasteiger partial charge is 0.497 e. The van der Waals surface area contributed by atoms with Gasteiger partial charge < -0.3 is 14.6 Å². The summed E-state index contributed by atoms with van der Waals surface area (Å²) in [4.78, 5) is 32.9. The molecule has 1 amide bonds. The van der Waals surface area contributed by atoms with Gasteiger partial charge in [-0.05, 0) is 61.3 Å². The third-order valence-corrected chi connectivity index (χ3v) is 7.08. The highest BCUT2D eigenvalue weighted by Gasteiger charge is 2.20. The van der Waals surface area contributed by atoms with Crippen molar-refractivity contribution in [2.75, 3.05) is 39.8 Å². The van der Waals surface area contributed by atoms with Crippen molar-refractivity contribution in [3.8, 4) is 5.75 Å². The molecule has 1 fully saturated rings. The molecule has 8 heteroatoms. The second-order valence-electron chi connectivity index (χ2n) is 9.06. The van der Waals surface area contributed by atoms with Gasteiger partial charge in [0.25, 0.3) is 5.56 Å². The number of carbonyl (C=O) groups is 1. The molecule has 0 bridgehead atoms. The third kappa shape index (κ3) is 6.58. The van der Waals surface area contributed by atoms with Crippen molar-refractivity contribution in [2.45, 2.75) is 38.6 Å². The number of hydrogen-bond acceptors (Lipinski definition) is 5. The van der Waals surface area contributed by atoms with Crippen molar-refractivity contribution >= 4 is 29.0 Å². The molecule has 0 unspecified atom stereocenters. The normalized spacial score (nSPS) is 14.4. The monoisotopic (exact) mass is 494 g/mol. The Hall–Kier alpha value is -2.97. The van der Waals surface area contributed by atoms with Gasteiger partial charge in [0.2, 0.25) is 5.91 Å². The lowest BCUT2D eigenvalue weighted by Gasteiger charge is -2.34. The highest BCUT2D eigenvalue weighted by molar-refractivity contribution is 7.71. The SMILES string of the molecule is COc1ccc(CCN2CCN(C(=O)CCCCCn3c(=S)[nH]c4ccccc4c3=O)CC2)cc1. The van der Waals surface area contributed by atoms with Crippen LogP contribution in [0.3, 0.4) is 0 Å². The number of rotatable bonds is 10. The Kier molecular flexibility index (Phi) is 8.71. The van der Waals surface area contributed by atoms with Gasteiger partial charge in [0.1, 0.15) is 5.75 Å². The predicted molar refractivity (Wildman–Crippen MR) is 142 cm³/mol. The zero-order valence-electron chi connectivity index (χ0n) is 20.4. The van der Waals surface area contributed by atoms with Crippen molar-refractivity contribution in [1.29, 1.82) is 0 Å². The second-order valence-corrected chi connectivity index (χ2v) is 9.45. The Balaban J connectivity index is 1.14. The van der Waals surface area contributed by atoms with Gasteiger partial charge in [-0.3, -0.25) is 19.1 Å². The number of carbonyl (C=O) groups excluding carboxylic acids is 1. The highest BCUT2D eigenvalue weighted by atomic mass is 32.1. The molecule has 4 rings (SSSR count). The number of unbranched alkanes of at least 4 members (excludes halogenated alkanes) is 2. The summed E-state index contributed by atoms with van der Waals surface area (Å²) in [5, 5.41) is 0.652. The molecule has 7 nitrogen and oxygen atoms in total. The van der Waals surface area contributed by atoms with Crippen LogP contribution < -0.4 is 10.3 Å². The maximum absolute atomic E-state index is 12.7. The minimum atomic E-state index is -0.0507. The lowest BCUT2D eigenvalue weighted by atomic mass is 10.1. The summed E-state index contributed by atoms with van der Waals surface area (Å²) in [5.41, 5.74) is 2.02. The van der Waals surface area contributed by atoms with Crippen LogP contribution in [-0.4, -0.2) is 65.1 Å². The molecule has 35 heavy (non-hydrogen) atoms. The van der Waals surface area contributed by atoms with Crippen LogP contribution in [-0.2, 0) is 17.8 Å². The molecule has 0 saturated carbocycles. The van der Waals surface area contributed by atoms with E-state index in [1.165, 1.54) is 5.56 Å². The fourth-order valence-electron chi connectivity index (χ4n) is 4.58. The van der Waals surface area contributed by atoms with Gasteiger partial charge in [-0.1, -0.05) is 30.7 Å². The summed E-state index contributed by atoms with van der Waals surface area (Å²) in [6, 6.07) is 15.7. The zero-order chi connectivity index (χ0) is 24.6. The number of hydrogen-bond donors (Lipinski definition) is 1. The summed E-state index contributed by atoms with van der Waals surface area (Å²) in [6.07, 6.45) is 4.10. The molecular weight excluding hydrogens is 460 g/mol. The Morgan fingerprint density at radius 3 is 2.46 bits per heavy atom. The number of aromatic nitrogens is 2. The molecule has 186 valence electrons. The molecule has 1 aromatic heterocycles. The number of nitrogens with zero attached hydrogens (tertiary/aromatic N) is 3. The molecule has 1 aliphatic heterocycles. The zero-order valence-corrected chi connectivity index (χ0v) is 21.2.